The van der Waals surface area contributed by atoms with E-state index < -0.39 is 0 Å². The molecule has 1 amide bonds. The van der Waals surface area contributed by atoms with Crippen LogP contribution in [-0.2, 0) is 4.79 Å². The summed E-state index contributed by atoms with van der Waals surface area (Å²) in [5.74, 6) is -0.0481. The lowest BCUT2D eigenvalue weighted by atomic mass is 10.0. The molecule has 0 unspecified atom stereocenters. The SMILES string of the molecule is CC(=O)Nc1ccc(-c2ccc(C)cc2)cc1. The summed E-state index contributed by atoms with van der Waals surface area (Å²) in [4.78, 5) is 10.9. The molecule has 1 N–H and O–H groups in total. The Hall–Kier alpha value is -2.09. The Morgan fingerprint density at radius 3 is 1.82 bits per heavy atom. The number of anilines is 1. The smallest absolute Gasteiger partial charge is 0.221 e. The van der Waals surface area contributed by atoms with Gasteiger partial charge in [0.1, 0.15) is 0 Å². The normalized spacial score (nSPS) is 10.0. The van der Waals surface area contributed by atoms with Gasteiger partial charge in [0.05, 0.1) is 0 Å². The zero-order valence-electron chi connectivity index (χ0n) is 10.0. The molecule has 2 rings (SSSR count). The van der Waals surface area contributed by atoms with Gasteiger partial charge in [-0.15, -0.1) is 0 Å². The van der Waals surface area contributed by atoms with Crippen LogP contribution in [0.3, 0.4) is 0 Å². The Morgan fingerprint density at radius 1 is 0.882 bits per heavy atom. The van der Waals surface area contributed by atoms with Crippen molar-refractivity contribution in [2.45, 2.75) is 13.8 Å². The molecule has 2 heteroatoms. The summed E-state index contributed by atoms with van der Waals surface area (Å²) in [6.45, 7) is 3.58. The number of rotatable bonds is 2. The first-order valence-corrected chi connectivity index (χ1v) is 5.60. The fourth-order valence-electron chi connectivity index (χ4n) is 1.70. The topological polar surface area (TPSA) is 29.1 Å². The second-order valence-corrected chi connectivity index (χ2v) is 4.12. The summed E-state index contributed by atoms with van der Waals surface area (Å²) in [6.07, 6.45) is 0. The fraction of sp³-hybridized carbons (Fsp3) is 0.133. The minimum Gasteiger partial charge on any atom is -0.326 e. The minimum atomic E-state index is -0.0481. The number of amides is 1. The Balaban J connectivity index is 2.23. The molecule has 2 aromatic carbocycles. The number of carbonyl (C=O) groups is 1. The summed E-state index contributed by atoms with van der Waals surface area (Å²) in [7, 11) is 0. The molecule has 0 saturated heterocycles. The van der Waals surface area contributed by atoms with Crippen molar-refractivity contribution in [1.29, 1.82) is 0 Å². The lowest BCUT2D eigenvalue weighted by Gasteiger charge is -2.05. The van der Waals surface area contributed by atoms with Crippen LogP contribution in [0.15, 0.2) is 48.5 Å². The number of benzene rings is 2. The van der Waals surface area contributed by atoms with E-state index in [2.05, 4.69) is 36.5 Å². The highest BCUT2D eigenvalue weighted by molar-refractivity contribution is 5.88. The van der Waals surface area contributed by atoms with Crippen LogP contribution in [0.25, 0.3) is 11.1 Å². The van der Waals surface area contributed by atoms with Gasteiger partial charge in [0, 0.05) is 12.6 Å². The minimum absolute atomic E-state index is 0.0481. The van der Waals surface area contributed by atoms with Crippen molar-refractivity contribution in [3.05, 3.63) is 54.1 Å². The van der Waals surface area contributed by atoms with E-state index in [0.29, 0.717) is 0 Å². The monoisotopic (exact) mass is 225 g/mol. The quantitative estimate of drug-likeness (QED) is 0.831. The van der Waals surface area contributed by atoms with E-state index in [0.717, 1.165) is 11.3 Å². The van der Waals surface area contributed by atoms with E-state index in [1.54, 1.807) is 0 Å². The molecule has 2 aromatic rings. The number of hydrogen-bond donors (Lipinski definition) is 1. The average Bonchev–Trinajstić information content (AvgIpc) is 2.30. The van der Waals surface area contributed by atoms with Gasteiger partial charge in [-0.05, 0) is 30.2 Å². The first-order valence-electron chi connectivity index (χ1n) is 5.60. The number of hydrogen-bond acceptors (Lipinski definition) is 1. The van der Waals surface area contributed by atoms with Crippen LogP contribution in [0.2, 0.25) is 0 Å². The van der Waals surface area contributed by atoms with Crippen LogP contribution in [0.5, 0.6) is 0 Å². The van der Waals surface area contributed by atoms with E-state index in [1.807, 2.05) is 24.3 Å². The largest absolute Gasteiger partial charge is 0.326 e. The Labute approximate surface area is 101 Å². The molecule has 0 aliphatic heterocycles. The summed E-state index contributed by atoms with van der Waals surface area (Å²) in [6, 6.07) is 16.2. The van der Waals surface area contributed by atoms with Gasteiger partial charge in [0.25, 0.3) is 0 Å². The predicted molar refractivity (Wildman–Crippen MR) is 70.9 cm³/mol. The van der Waals surface area contributed by atoms with E-state index >= 15 is 0 Å². The molecule has 86 valence electrons. The lowest BCUT2D eigenvalue weighted by Crippen LogP contribution is -2.05. The third-order valence-corrected chi connectivity index (χ3v) is 2.59. The van der Waals surface area contributed by atoms with Gasteiger partial charge in [0.15, 0.2) is 0 Å². The highest BCUT2D eigenvalue weighted by atomic mass is 16.1. The average molecular weight is 225 g/mol. The lowest BCUT2D eigenvalue weighted by molar-refractivity contribution is -0.114. The summed E-state index contributed by atoms with van der Waals surface area (Å²) < 4.78 is 0. The number of carbonyl (C=O) groups excluding carboxylic acids is 1. The van der Waals surface area contributed by atoms with Gasteiger partial charge in [-0.25, -0.2) is 0 Å². The van der Waals surface area contributed by atoms with Crippen molar-refractivity contribution in [3.63, 3.8) is 0 Å². The molecule has 0 aromatic heterocycles. The Bertz CT molecular complexity index is 512. The van der Waals surface area contributed by atoms with Gasteiger partial charge in [-0.1, -0.05) is 42.0 Å². The van der Waals surface area contributed by atoms with Crippen molar-refractivity contribution in [2.75, 3.05) is 5.32 Å². The molecular formula is C15H15NO. The van der Waals surface area contributed by atoms with Crippen molar-refractivity contribution >= 4 is 11.6 Å². The molecule has 0 saturated carbocycles. The molecule has 0 aliphatic carbocycles. The van der Waals surface area contributed by atoms with Crippen molar-refractivity contribution in [2.24, 2.45) is 0 Å². The molecule has 0 radical (unpaired) electrons. The molecule has 17 heavy (non-hydrogen) atoms. The first kappa shape index (κ1) is 11.4. The highest BCUT2D eigenvalue weighted by Gasteiger charge is 1.98. The van der Waals surface area contributed by atoms with Gasteiger partial charge in [-0.3, -0.25) is 4.79 Å². The van der Waals surface area contributed by atoms with Crippen LogP contribution < -0.4 is 5.32 Å². The van der Waals surface area contributed by atoms with Gasteiger partial charge >= 0.3 is 0 Å². The molecule has 2 nitrogen and oxygen atoms in total. The second-order valence-electron chi connectivity index (χ2n) is 4.12. The summed E-state index contributed by atoms with van der Waals surface area (Å²) in [5.41, 5.74) is 4.42. The molecular weight excluding hydrogens is 210 g/mol. The van der Waals surface area contributed by atoms with Crippen LogP contribution in [0.1, 0.15) is 12.5 Å². The molecule has 0 fully saturated rings. The molecule has 0 bridgehead atoms. The maximum Gasteiger partial charge on any atom is 0.221 e. The number of aryl methyl sites for hydroxylation is 1. The summed E-state index contributed by atoms with van der Waals surface area (Å²) in [5, 5.41) is 2.75. The van der Waals surface area contributed by atoms with Crippen LogP contribution in [0, 0.1) is 6.92 Å². The highest BCUT2D eigenvalue weighted by Crippen LogP contribution is 2.21. The Kier molecular flexibility index (Phi) is 3.24. The van der Waals surface area contributed by atoms with Gasteiger partial charge in [-0.2, -0.15) is 0 Å². The first-order chi connectivity index (χ1) is 8.15. The number of nitrogens with one attached hydrogen (secondary N) is 1. The van der Waals surface area contributed by atoms with Gasteiger partial charge in [0.2, 0.25) is 5.91 Å². The molecule has 0 heterocycles. The standard InChI is InChI=1S/C15H15NO/c1-11-3-5-13(6-4-11)14-7-9-15(10-8-14)16-12(2)17/h3-10H,1-2H3,(H,16,17). The van der Waals surface area contributed by atoms with Crippen LogP contribution >= 0.6 is 0 Å². The second kappa shape index (κ2) is 4.83. The zero-order chi connectivity index (χ0) is 12.3. The van der Waals surface area contributed by atoms with E-state index in [9.17, 15) is 4.79 Å². The maximum absolute atomic E-state index is 10.9. The summed E-state index contributed by atoms with van der Waals surface area (Å²) >= 11 is 0. The maximum atomic E-state index is 10.9. The van der Waals surface area contributed by atoms with Gasteiger partial charge < -0.3 is 5.32 Å². The van der Waals surface area contributed by atoms with Crippen molar-refractivity contribution in [1.82, 2.24) is 0 Å². The molecule has 0 spiro atoms. The van der Waals surface area contributed by atoms with E-state index in [4.69, 9.17) is 0 Å². The predicted octanol–water partition coefficient (Wildman–Crippen LogP) is 3.62. The van der Waals surface area contributed by atoms with Crippen molar-refractivity contribution < 1.29 is 4.79 Å². The zero-order valence-corrected chi connectivity index (χ0v) is 10.0. The van der Waals surface area contributed by atoms with Crippen LogP contribution in [-0.4, -0.2) is 5.91 Å². The van der Waals surface area contributed by atoms with E-state index in [1.165, 1.54) is 18.1 Å². The fourth-order valence-corrected chi connectivity index (χ4v) is 1.70. The Morgan fingerprint density at radius 2 is 1.35 bits per heavy atom. The third kappa shape index (κ3) is 2.94. The van der Waals surface area contributed by atoms with E-state index in [-0.39, 0.29) is 5.91 Å². The molecule has 0 atom stereocenters. The van der Waals surface area contributed by atoms with Crippen molar-refractivity contribution in [3.8, 4) is 11.1 Å². The third-order valence-electron chi connectivity index (χ3n) is 2.59. The van der Waals surface area contributed by atoms with Crippen LogP contribution in [0.4, 0.5) is 5.69 Å². The molecule has 0 aliphatic rings.